The van der Waals surface area contributed by atoms with E-state index in [-0.39, 0.29) is 0 Å². The summed E-state index contributed by atoms with van der Waals surface area (Å²) in [7, 11) is 1.92. The number of rotatable bonds is 4. The predicted molar refractivity (Wildman–Crippen MR) is 63.1 cm³/mol. The largest absolute Gasteiger partial charge is 0.438 e. The van der Waals surface area contributed by atoms with Gasteiger partial charge >= 0.3 is 0 Å². The van der Waals surface area contributed by atoms with Gasteiger partial charge in [-0.3, -0.25) is 4.79 Å². The highest BCUT2D eigenvalue weighted by Gasteiger charge is 2.09. The van der Waals surface area contributed by atoms with Crippen molar-refractivity contribution in [2.75, 3.05) is 11.9 Å². The third-order valence-corrected chi connectivity index (χ3v) is 3.25. The smallest absolute Gasteiger partial charge is 0.196 e. The van der Waals surface area contributed by atoms with E-state index in [1.165, 1.54) is 4.88 Å². The van der Waals surface area contributed by atoms with E-state index >= 15 is 0 Å². The number of aromatic nitrogens is 1. The van der Waals surface area contributed by atoms with Crippen LogP contribution in [0.1, 0.15) is 21.1 Å². The van der Waals surface area contributed by atoms with Gasteiger partial charge < -0.3 is 9.32 Å². The third kappa shape index (κ3) is 2.14. The molecule has 0 bridgehead atoms. The van der Waals surface area contributed by atoms with Crippen molar-refractivity contribution in [1.82, 2.24) is 4.98 Å². The van der Waals surface area contributed by atoms with Crippen molar-refractivity contribution in [1.29, 1.82) is 0 Å². The van der Waals surface area contributed by atoms with Crippen LogP contribution in [-0.2, 0) is 6.54 Å². The van der Waals surface area contributed by atoms with Crippen molar-refractivity contribution < 1.29 is 9.21 Å². The first-order valence-electron chi connectivity index (χ1n) is 4.86. The number of thiazole rings is 1. The number of furan rings is 1. The summed E-state index contributed by atoms with van der Waals surface area (Å²) in [5, 5.41) is 0. The van der Waals surface area contributed by atoms with Crippen LogP contribution < -0.4 is 4.90 Å². The lowest BCUT2D eigenvalue weighted by Gasteiger charge is -2.14. The van der Waals surface area contributed by atoms with Crippen LogP contribution >= 0.6 is 11.3 Å². The maximum atomic E-state index is 10.5. The van der Waals surface area contributed by atoms with Gasteiger partial charge in [0, 0.05) is 18.0 Å². The lowest BCUT2D eigenvalue weighted by Crippen LogP contribution is -2.15. The monoisotopic (exact) mass is 236 g/mol. The summed E-state index contributed by atoms with van der Waals surface area (Å²) < 4.78 is 5.33. The fourth-order valence-corrected chi connectivity index (χ4v) is 2.21. The Morgan fingerprint density at radius 1 is 1.56 bits per heavy atom. The first kappa shape index (κ1) is 10.9. The van der Waals surface area contributed by atoms with Crippen LogP contribution in [0.3, 0.4) is 0 Å². The third-order valence-electron chi connectivity index (χ3n) is 2.33. The Labute approximate surface area is 97.5 Å². The molecule has 2 aromatic heterocycles. The number of hydrogen-bond acceptors (Lipinski definition) is 5. The minimum Gasteiger partial charge on any atom is -0.438 e. The fraction of sp³-hybridized carbons (Fsp3) is 0.273. The summed E-state index contributed by atoms with van der Waals surface area (Å²) in [6, 6.07) is 3.46. The molecule has 0 aromatic carbocycles. The van der Waals surface area contributed by atoms with E-state index in [1.807, 2.05) is 24.4 Å². The molecule has 0 radical (unpaired) electrons. The molecule has 0 aliphatic carbocycles. The van der Waals surface area contributed by atoms with Gasteiger partial charge in [0.05, 0.1) is 17.7 Å². The van der Waals surface area contributed by atoms with Crippen molar-refractivity contribution in [3.63, 3.8) is 0 Å². The molecule has 0 saturated heterocycles. The van der Waals surface area contributed by atoms with Crippen molar-refractivity contribution in [3.05, 3.63) is 34.0 Å². The molecule has 2 aromatic rings. The van der Waals surface area contributed by atoms with E-state index in [2.05, 4.69) is 4.98 Å². The Kier molecular flexibility index (Phi) is 3.05. The normalized spacial score (nSPS) is 10.4. The van der Waals surface area contributed by atoms with E-state index in [1.54, 1.807) is 23.5 Å². The number of nitrogens with zero attached hydrogens (tertiary/aromatic N) is 2. The molecule has 0 fully saturated rings. The zero-order chi connectivity index (χ0) is 11.5. The first-order chi connectivity index (χ1) is 7.70. The Morgan fingerprint density at radius 2 is 2.38 bits per heavy atom. The van der Waals surface area contributed by atoms with Crippen LogP contribution in [-0.4, -0.2) is 18.3 Å². The molecule has 0 unspecified atom stereocenters. The number of aryl methyl sites for hydroxylation is 1. The van der Waals surface area contributed by atoms with Crippen LogP contribution in [0.2, 0.25) is 0 Å². The second kappa shape index (κ2) is 4.49. The quantitative estimate of drug-likeness (QED) is 0.765. The molecule has 0 amide bonds. The summed E-state index contributed by atoms with van der Waals surface area (Å²) in [6.07, 6.45) is 0.704. The summed E-state index contributed by atoms with van der Waals surface area (Å²) in [5.74, 6) is 1.04. The lowest BCUT2D eigenvalue weighted by molar-refractivity contribution is 0.110. The maximum absolute atomic E-state index is 10.5. The van der Waals surface area contributed by atoms with E-state index < -0.39 is 0 Å². The van der Waals surface area contributed by atoms with Crippen molar-refractivity contribution in [2.24, 2.45) is 0 Å². The topological polar surface area (TPSA) is 46.3 Å². The molecule has 0 spiro atoms. The molecule has 84 valence electrons. The van der Waals surface area contributed by atoms with Gasteiger partial charge in [-0.05, 0) is 13.0 Å². The molecule has 0 atom stereocenters. The first-order valence-corrected chi connectivity index (χ1v) is 5.74. The highest BCUT2D eigenvalue weighted by molar-refractivity contribution is 7.09. The highest BCUT2D eigenvalue weighted by Crippen LogP contribution is 2.21. The van der Waals surface area contributed by atoms with Crippen molar-refractivity contribution in [3.8, 4) is 0 Å². The second-order valence-electron chi connectivity index (χ2n) is 3.51. The Hall–Kier alpha value is -1.62. The van der Waals surface area contributed by atoms with Gasteiger partial charge in [0.2, 0.25) is 0 Å². The molecule has 2 heterocycles. The Morgan fingerprint density at radius 3 is 2.94 bits per heavy atom. The Bertz CT molecular complexity index is 490. The number of hydrogen-bond donors (Lipinski definition) is 0. The van der Waals surface area contributed by atoms with Gasteiger partial charge in [-0.1, -0.05) is 0 Å². The van der Waals surface area contributed by atoms with E-state index in [0.717, 1.165) is 12.2 Å². The molecule has 0 aliphatic heterocycles. The number of carbonyl (C=O) groups is 1. The zero-order valence-corrected chi connectivity index (χ0v) is 9.95. The molecule has 0 saturated carbocycles. The van der Waals surface area contributed by atoms with E-state index in [9.17, 15) is 4.79 Å². The molecular weight excluding hydrogens is 224 g/mol. The van der Waals surface area contributed by atoms with Crippen molar-refractivity contribution >= 4 is 23.5 Å². The van der Waals surface area contributed by atoms with Crippen molar-refractivity contribution in [2.45, 2.75) is 13.5 Å². The Balaban J connectivity index is 2.11. The predicted octanol–water partition coefficient (Wildman–Crippen LogP) is 2.49. The van der Waals surface area contributed by atoms with Gasteiger partial charge in [0.25, 0.3) is 0 Å². The van der Waals surface area contributed by atoms with Gasteiger partial charge in [-0.25, -0.2) is 4.98 Å². The zero-order valence-electron chi connectivity index (χ0n) is 9.14. The summed E-state index contributed by atoms with van der Waals surface area (Å²) in [4.78, 5) is 17.8. The average Bonchev–Trinajstić information content (AvgIpc) is 2.88. The van der Waals surface area contributed by atoms with Crippen LogP contribution in [0.4, 0.5) is 5.88 Å². The van der Waals surface area contributed by atoms with Gasteiger partial charge in [-0.2, -0.15) is 0 Å². The second-order valence-corrected chi connectivity index (χ2v) is 4.45. The van der Waals surface area contributed by atoms with Crippen LogP contribution in [0, 0.1) is 6.92 Å². The van der Waals surface area contributed by atoms with Gasteiger partial charge in [-0.15, -0.1) is 11.3 Å². The molecule has 0 N–H and O–H groups in total. The lowest BCUT2D eigenvalue weighted by atomic mass is 10.4. The van der Waals surface area contributed by atoms with E-state index in [4.69, 9.17) is 4.42 Å². The number of anilines is 1. The van der Waals surface area contributed by atoms with E-state index in [0.29, 0.717) is 17.9 Å². The van der Waals surface area contributed by atoms with Crippen LogP contribution in [0.25, 0.3) is 0 Å². The molecule has 16 heavy (non-hydrogen) atoms. The van der Waals surface area contributed by atoms with Crippen LogP contribution in [0.15, 0.2) is 22.1 Å². The van der Waals surface area contributed by atoms with Crippen LogP contribution in [0.5, 0.6) is 0 Å². The standard InChI is InChI=1S/C11H12N2O2S/c1-8-10(16-7-12-8)5-13(2)11-4-3-9(6-14)15-11/h3-4,6-7H,5H2,1-2H3. The summed E-state index contributed by atoms with van der Waals surface area (Å²) >= 11 is 1.62. The minimum absolute atomic E-state index is 0.350. The number of carbonyl (C=O) groups excluding carboxylic acids is 1. The number of aldehydes is 1. The van der Waals surface area contributed by atoms with Gasteiger partial charge in [0.1, 0.15) is 0 Å². The molecular formula is C11H12N2O2S. The molecule has 5 heteroatoms. The average molecular weight is 236 g/mol. The highest BCUT2D eigenvalue weighted by atomic mass is 32.1. The molecule has 0 aliphatic rings. The maximum Gasteiger partial charge on any atom is 0.196 e. The fourth-order valence-electron chi connectivity index (χ4n) is 1.38. The van der Waals surface area contributed by atoms with Gasteiger partial charge in [0.15, 0.2) is 17.9 Å². The minimum atomic E-state index is 0.350. The SMILES string of the molecule is Cc1ncsc1CN(C)c1ccc(C=O)o1. The molecule has 2 rings (SSSR count). The summed E-state index contributed by atoms with van der Waals surface area (Å²) in [5.41, 5.74) is 2.87. The molecule has 4 nitrogen and oxygen atoms in total. The summed E-state index contributed by atoms with van der Waals surface area (Å²) in [6.45, 7) is 2.72.